The van der Waals surface area contributed by atoms with E-state index < -0.39 is 15.8 Å². The van der Waals surface area contributed by atoms with E-state index in [1.165, 1.54) is 6.26 Å². The summed E-state index contributed by atoms with van der Waals surface area (Å²) in [4.78, 5) is 12.5. The molecule has 130 valence electrons. The van der Waals surface area contributed by atoms with Crippen LogP contribution in [-0.4, -0.2) is 40.0 Å². The highest BCUT2D eigenvalue weighted by Gasteiger charge is 2.29. The Morgan fingerprint density at radius 2 is 1.70 bits per heavy atom. The number of hydrogen-bond donors (Lipinski definition) is 0. The van der Waals surface area contributed by atoms with Gasteiger partial charge in [0.15, 0.2) is 9.84 Å². The van der Waals surface area contributed by atoms with Gasteiger partial charge >= 0.3 is 5.97 Å². The third-order valence-electron chi connectivity index (χ3n) is 3.63. The monoisotopic (exact) mass is 342 g/mol. The molecular formula is C17H26O5S. The summed E-state index contributed by atoms with van der Waals surface area (Å²) in [5, 5.41) is 0. The van der Waals surface area contributed by atoms with Crippen LogP contribution in [0.1, 0.15) is 32.8 Å². The molecule has 0 aliphatic heterocycles. The van der Waals surface area contributed by atoms with Gasteiger partial charge in [-0.25, -0.2) is 8.42 Å². The van der Waals surface area contributed by atoms with Crippen LogP contribution in [0.5, 0.6) is 0 Å². The van der Waals surface area contributed by atoms with Gasteiger partial charge in [-0.1, -0.05) is 19.1 Å². The van der Waals surface area contributed by atoms with Gasteiger partial charge in [0.1, 0.15) is 0 Å². The van der Waals surface area contributed by atoms with Crippen molar-refractivity contribution in [1.29, 1.82) is 0 Å². The van der Waals surface area contributed by atoms with Crippen LogP contribution in [0.15, 0.2) is 29.2 Å². The van der Waals surface area contributed by atoms with Gasteiger partial charge in [-0.3, -0.25) is 4.79 Å². The number of hydrogen-bond acceptors (Lipinski definition) is 5. The Bertz CT molecular complexity index is 592. The fourth-order valence-corrected chi connectivity index (χ4v) is 3.11. The first kappa shape index (κ1) is 19.6. The third kappa shape index (κ3) is 5.95. The summed E-state index contributed by atoms with van der Waals surface area (Å²) in [5.74, 6) is -0.677. The van der Waals surface area contributed by atoms with E-state index in [2.05, 4.69) is 0 Å². The van der Waals surface area contributed by atoms with E-state index in [1.54, 1.807) is 31.2 Å². The summed E-state index contributed by atoms with van der Waals surface area (Å²) >= 11 is 0. The fourth-order valence-electron chi connectivity index (χ4n) is 2.48. The van der Waals surface area contributed by atoms with Gasteiger partial charge in [-0.2, -0.15) is 0 Å². The first-order valence-electron chi connectivity index (χ1n) is 7.90. The maximum Gasteiger partial charge on any atom is 0.311 e. The molecule has 6 heteroatoms. The van der Waals surface area contributed by atoms with Crippen molar-refractivity contribution >= 4 is 15.8 Å². The van der Waals surface area contributed by atoms with Crippen molar-refractivity contribution in [1.82, 2.24) is 0 Å². The summed E-state index contributed by atoms with van der Waals surface area (Å²) in [7, 11) is -3.22. The van der Waals surface area contributed by atoms with E-state index >= 15 is 0 Å². The number of carbonyl (C=O) groups excluding carboxylic acids is 1. The van der Waals surface area contributed by atoms with Crippen LogP contribution in [0.2, 0.25) is 0 Å². The number of rotatable bonds is 9. The van der Waals surface area contributed by atoms with Crippen LogP contribution < -0.4 is 0 Å². The molecule has 23 heavy (non-hydrogen) atoms. The Balaban J connectivity index is 2.97. The fraction of sp³-hybridized carbons (Fsp3) is 0.588. The lowest BCUT2D eigenvalue weighted by Gasteiger charge is -2.24. The van der Waals surface area contributed by atoms with Crippen molar-refractivity contribution in [2.24, 2.45) is 5.92 Å². The highest BCUT2D eigenvalue weighted by atomic mass is 32.2. The zero-order valence-corrected chi connectivity index (χ0v) is 15.1. The molecule has 0 heterocycles. The van der Waals surface area contributed by atoms with Crippen molar-refractivity contribution in [3.63, 3.8) is 0 Å². The Labute approximate surface area is 138 Å². The van der Waals surface area contributed by atoms with Gasteiger partial charge < -0.3 is 9.47 Å². The number of carbonyl (C=O) groups is 1. The Hall–Kier alpha value is -1.40. The first-order valence-corrected chi connectivity index (χ1v) is 9.79. The average Bonchev–Trinajstić information content (AvgIpc) is 2.50. The lowest BCUT2D eigenvalue weighted by molar-refractivity contribution is -0.153. The van der Waals surface area contributed by atoms with Gasteiger partial charge in [0.05, 0.1) is 23.5 Å². The molecule has 0 saturated heterocycles. The molecule has 1 aromatic rings. The van der Waals surface area contributed by atoms with Crippen LogP contribution in [-0.2, 0) is 30.5 Å². The molecule has 2 unspecified atom stereocenters. The number of benzene rings is 1. The lowest BCUT2D eigenvalue weighted by Crippen LogP contribution is -2.33. The van der Waals surface area contributed by atoms with Crippen LogP contribution in [0, 0.1) is 5.92 Å². The quantitative estimate of drug-likeness (QED) is 0.645. The molecule has 5 nitrogen and oxygen atoms in total. The molecule has 0 aliphatic rings. The molecule has 0 aromatic heterocycles. The summed E-state index contributed by atoms with van der Waals surface area (Å²) in [6, 6.07) is 6.60. The molecular weight excluding hydrogens is 316 g/mol. The van der Waals surface area contributed by atoms with Crippen LogP contribution in [0.25, 0.3) is 0 Å². The molecule has 2 atom stereocenters. The van der Waals surface area contributed by atoms with Gasteiger partial charge in [-0.15, -0.1) is 0 Å². The minimum atomic E-state index is -3.22. The largest absolute Gasteiger partial charge is 0.466 e. The summed E-state index contributed by atoms with van der Waals surface area (Å²) < 4.78 is 33.9. The van der Waals surface area contributed by atoms with E-state index in [1.807, 2.05) is 13.8 Å². The molecule has 0 aliphatic carbocycles. The number of esters is 1. The van der Waals surface area contributed by atoms with Crippen molar-refractivity contribution in [2.75, 3.05) is 19.5 Å². The van der Waals surface area contributed by atoms with Crippen LogP contribution in [0.3, 0.4) is 0 Å². The van der Waals surface area contributed by atoms with E-state index in [-0.39, 0.29) is 17.0 Å². The molecule has 1 rings (SSSR count). The minimum absolute atomic E-state index is 0.214. The molecule has 0 N–H and O–H groups in total. The summed E-state index contributed by atoms with van der Waals surface area (Å²) in [5.41, 5.74) is 0.883. The molecule has 0 fully saturated rings. The lowest BCUT2D eigenvalue weighted by atomic mass is 9.92. The third-order valence-corrected chi connectivity index (χ3v) is 4.76. The normalized spacial score (nSPS) is 14.3. The predicted octanol–water partition coefficient (Wildman–Crippen LogP) is 2.63. The van der Waals surface area contributed by atoms with Crippen molar-refractivity contribution in [3.8, 4) is 0 Å². The van der Waals surface area contributed by atoms with Gasteiger partial charge in [0.2, 0.25) is 0 Å². The second-order valence-corrected chi connectivity index (χ2v) is 7.40. The van der Waals surface area contributed by atoms with Crippen molar-refractivity contribution < 1.29 is 22.7 Å². The van der Waals surface area contributed by atoms with E-state index in [9.17, 15) is 13.2 Å². The molecule has 0 spiro atoms. The highest BCUT2D eigenvalue weighted by molar-refractivity contribution is 7.90. The second-order valence-electron chi connectivity index (χ2n) is 5.38. The summed E-state index contributed by atoms with van der Waals surface area (Å²) in [6.07, 6.45) is 2.12. The smallest absolute Gasteiger partial charge is 0.311 e. The average molecular weight is 342 g/mol. The minimum Gasteiger partial charge on any atom is -0.466 e. The molecule has 1 aromatic carbocycles. The summed E-state index contributed by atoms with van der Waals surface area (Å²) in [6.45, 7) is 6.49. The zero-order valence-electron chi connectivity index (χ0n) is 14.2. The standard InChI is InChI=1S/C17H26O5S/c1-5-16(21-6-2)15(17(18)22-7-3)12-13-8-10-14(11-9-13)23(4,19)20/h8-11,15-16H,5-7,12H2,1-4H3. The van der Waals surface area contributed by atoms with Crippen LogP contribution in [0.4, 0.5) is 0 Å². The molecule has 0 radical (unpaired) electrons. The van der Waals surface area contributed by atoms with Gasteiger partial charge in [-0.05, 0) is 44.4 Å². The van der Waals surface area contributed by atoms with Crippen molar-refractivity contribution in [3.05, 3.63) is 29.8 Å². The number of sulfone groups is 1. The second kappa shape index (κ2) is 9.03. The molecule has 0 bridgehead atoms. The maximum absolute atomic E-state index is 12.3. The Kier molecular flexibility index (Phi) is 7.72. The van der Waals surface area contributed by atoms with E-state index in [0.717, 1.165) is 5.56 Å². The molecule has 0 saturated carbocycles. The zero-order chi connectivity index (χ0) is 17.5. The topological polar surface area (TPSA) is 69.7 Å². The Morgan fingerprint density at radius 1 is 1.09 bits per heavy atom. The molecule has 0 amide bonds. The van der Waals surface area contributed by atoms with Gasteiger partial charge in [0, 0.05) is 12.9 Å². The maximum atomic E-state index is 12.3. The van der Waals surface area contributed by atoms with E-state index in [0.29, 0.717) is 26.1 Å². The van der Waals surface area contributed by atoms with Gasteiger partial charge in [0.25, 0.3) is 0 Å². The highest BCUT2D eigenvalue weighted by Crippen LogP contribution is 2.21. The Morgan fingerprint density at radius 3 is 2.13 bits per heavy atom. The first-order chi connectivity index (χ1) is 10.8. The predicted molar refractivity (Wildman–Crippen MR) is 89.1 cm³/mol. The van der Waals surface area contributed by atoms with Crippen LogP contribution >= 0.6 is 0 Å². The SMILES string of the molecule is CCOC(=O)C(Cc1ccc(S(C)(=O)=O)cc1)C(CC)OCC. The van der Waals surface area contributed by atoms with E-state index in [4.69, 9.17) is 9.47 Å². The number of ether oxygens (including phenoxy) is 2. The van der Waals surface area contributed by atoms with Crippen molar-refractivity contribution in [2.45, 2.75) is 44.6 Å².